The Morgan fingerprint density at radius 1 is 1.10 bits per heavy atom. The smallest absolute Gasteiger partial charge is 0.226 e. The van der Waals surface area contributed by atoms with Crippen LogP contribution in [0.1, 0.15) is 44.2 Å². The summed E-state index contributed by atoms with van der Waals surface area (Å²) in [5.41, 5.74) is 1.88. The fourth-order valence-corrected chi connectivity index (χ4v) is 5.71. The zero-order valence-corrected chi connectivity index (χ0v) is 18.7. The van der Waals surface area contributed by atoms with E-state index >= 15 is 0 Å². The quantitative estimate of drug-likeness (QED) is 0.709. The zero-order valence-electron chi connectivity index (χ0n) is 17.1. The molecule has 1 saturated heterocycles. The van der Waals surface area contributed by atoms with Crippen LogP contribution in [0.4, 0.5) is 0 Å². The number of aromatic nitrogens is 1. The lowest BCUT2D eigenvalue weighted by Gasteiger charge is -2.32. The molecule has 30 heavy (non-hydrogen) atoms. The number of likely N-dealkylation sites (tertiary alicyclic amines) is 1. The lowest BCUT2D eigenvalue weighted by molar-refractivity contribution is -0.142. The highest BCUT2D eigenvalue weighted by atomic mass is 35.5. The number of carbonyl (C=O) groups is 2. The van der Waals surface area contributed by atoms with E-state index in [2.05, 4.69) is 10.3 Å². The van der Waals surface area contributed by atoms with Gasteiger partial charge in [0, 0.05) is 48.8 Å². The number of carbonyl (C=O) groups excluding carboxylic acids is 2. The predicted molar refractivity (Wildman–Crippen MR) is 121 cm³/mol. The lowest BCUT2D eigenvalue weighted by atomic mass is 9.78. The summed E-state index contributed by atoms with van der Waals surface area (Å²) >= 11 is 7.83. The largest absolute Gasteiger partial charge is 0.355 e. The van der Waals surface area contributed by atoms with Crippen molar-refractivity contribution in [3.63, 3.8) is 0 Å². The summed E-state index contributed by atoms with van der Waals surface area (Å²) < 4.78 is 0. The third-order valence-corrected chi connectivity index (χ3v) is 7.43. The van der Waals surface area contributed by atoms with Gasteiger partial charge in [0.15, 0.2) is 0 Å². The Morgan fingerprint density at radius 3 is 2.60 bits per heavy atom. The van der Waals surface area contributed by atoms with Crippen molar-refractivity contribution in [1.82, 2.24) is 15.2 Å². The molecule has 1 aromatic carbocycles. The van der Waals surface area contributed by atoms with Crippen LogP contribution in [0.15, 0.2) is 29.6 Å². The van der Waals surface area contributed by atoms with Crippen LogP contribution in [0, 0.1) is 11.8 Å². The SMILES string of the molecule is O=C(NCCc1csc(-c2ccccc2Cl)n1)C1CCCCC1C(=O)N1CCCC1. The summed E-state index contributed by atoms with van der Waals surface area (Å²) in [5.74, 6) is -0.131. The van der Waals surface area contributed by atoms with Gasteiger partial charge in [-0.15, -0.1) is 11.3 Å². The molecular weight excluding hydrogens is 418 g/mol. The van der Waals surface area contributed by atoms with Crippen molar-refractivity contribution in [2.45, 2.75) is 44.9 Å². The fourth-order valence-electron chi connectivity index (χ4n) is 4.54. The molecule has 2 heterocycles. The van der Waals surface area contributed by atoms with E-state index in [0.29, 0.717) is 18.0 Å². The predicted octanol–water partition coefficient (Wildman–Crippen LogP) is 4.55. The minimum atomic E-state index is -0.194. The molecule has 1 aliphatic heterocycles. The minimum Gasteiger partial charge on any atom is -0.355 e. The molecule has 160 valence electrons. The molecular formula is C23H28ClN3O2S. The van der Waals surface area contributed by atoms with Crippen molar-refractivity contribution in [2.75, 3.05) is 19.6 Å². The Labute approximate surface area is 186 Å². The maximum Gasteiger partial charge on any atom is 0.226 e. The lowest BCUT2D eigenvalue weighted by Crippen LogP contribution is -2.45. The van der Waals surface area contributed by atoms with E-state index < -0.39 is 0 Å². The second kappa shape index (κ2) is 9.92. The number of halogens is 1. The molecule has 0 spiro atoms. The van der Waals surface area contributed by atoms with Gasteiger partial charge < -0.3 is 10.2 Å². The first-order valence-electron chi connectivity index (χ1n) is 10.9. The highest BCUT2D eigenvalue weighted by Gasteiger charge is 2.38. The monoisotopic (exact) mass is 445 g/mol. The van der Waals surface area contributed by atoms with Crippen molar-refractivity contribution in [2.24, 2.45) is 11.8 Å². The molecule has 0 bridgehead atoms. The van der Waals surface area contributed by atoms with Crippen molar-refractivity contribution in [3.05, 3.63) is 40.4 Å². The van der Waals surface area contributed by atoms with Gasteiger partial charge in [-0.2, -0.15) is 0 Å². The van der Waals surface area contributed by atoms with Crippen LogP contribution < -0.4 is 5.32 Å². The van der Waals surface area contributed by atoms with Gasteiger partial charge in [0.2, 0.25) is 11.8 Å². The number of rotatable bonds is 6. The maximum atomic E-state index is 12.9. The Kier molecular flexibility index (Phi) is 7.05. The van der Waals surface area contributed by atoms with Gasteiger partial charge in [-0.1, -0.05) is 42.6 Å². The van der Waals surface area contributed by atoms with E-state index in [0.717, 1.165) is 67.9 Å². The van der Waals surface area contributed by atoms with Crippen molar-refractivity contribution in [1.29, 1.82) is 0 Å². The van der Waals surface area contributed by atoms with Crippen molar-refractivity contribution < 1.29 is 9.59 Å². The average Bonchev–Trinajstić information content (AvgIpc) is 3.46. The highest BCUT2D eigenvalue weighted by molar-refractivity contribution is 7.13. The molecule has 0 radical (unpaired) electrons. The minimum absolute atomic E-state index is 0.0220. The number of nitrogens with zero attached hydrogens (tertiary/aromatic N) is 2. The number of nitrogens with one attached hydrogen (secondary N) is 1. The number of amides is 2. The zero-order chi connectivity index (χ0) is 20.9. The first-order chi connectivity index (χ1) is 14.6. The third kappa shape index (κ3) is 4.86. The Morgan fingerprint density at radius 2 is 1.83 bits per heavy atom. The van der Waals surface area contributed by atoms with Crippen LogP contribution in [0.3, 0.4) is 0 Å². The van der Waals surface area contributed by atoms with E-state index in [1.807, 2.05) is 34.5 Å². The molecule has 5 nitrogen and oxygen atoms in total. The molecule has 1 N–H and O–H groups in total. The van der Waals surface area contributed by atoms with Gasteiger partial charge in [-0.05, 0) is 31.7 Å². The third-order valence-electron chi connectivity index (χ3n) is 6.17. The van der Waals surface area contributed by atoms with Crippen molar-refractivity contribution >= 4 is 34.8 Å². The van der Waals surface area contributed by atoms with Crippen LogP contribution in [-0.4, -0.2) is 41.3 Å². The molecule has 1 saturated carbocycles. The Hall–Kier alpha value is -1.92. The summed E-state index contributed by atoms with van der Waals surface area (Å²) in [6.07, 6.45) is 6.54. The fraction of sp³-hybridized carbons (Fsp3) is 0.522. The van der Waals surface area contributed by atoms with Crippen LogP contribution in [0.5, 0.6) is 0 Å². The van der Waals surface area contributed by atoms with E-state index in [1.165, 1.54) is 0 Å². The number of hydrogen-bond acceptors (Lipinski definition) is 4. The molecule has 2 atom stereocenters. The Bertz CT molecular complexity index is 894. The summed E-state index contributed by atoms with van der Waals surface area (Å²) in [4.78, 5) is 32.4. The van der Waals surface area contributed by atoms with Crippen molar-refractivity contribution in [3.8, 4) is 10.6 Å². The summed E-state index contributed by atoms with van der Waals surface area (Å²) in [6.45, 7) is 2.23. The molecule has 2 aliphatic rings. The van der Waals surface area contributed by atoms with Crippen LogP contribution in [0.2, 0.25) is 5.02 Å². The van der Waals surface area contributed by atoms with Gasteiger partial charge in [0.05, 0.1) is 10.7 Å². The normalized spacial score (nSPS) is 21.6. The van der Waals surface area contributed by atoms with Gasteiger partial charge in [0.25, 0.3) is 0 Å². The highest BCUT2D eigenvalue weighted by Crippen LogP contribution is 2.33. The second-order valence-electron chi connectivity index (χ2n) is 8.19. The summed E-state index contributed by atoms with van der Waals surface area (Å²) in [6, 6.07) is 7.69. The number of hydrogen-bond donors (Lipinski definition) is 1. The first kappa shape index (κ1) is 21.3. The molecule has 2 unspecified atom stereocenters. The van der Waals surface area contributed by atoms with E-state index in [1.54, 1.807) is 11.3 Å². The number of benzene rings is 1. The standard InChI is InChI=1S/C23H28ClN3O2S/c24-20-10-4-3-9-19(20)22-26-16(15-30-22)11-12-25-21(28)17-7-1-2-8-18(17)23(29)27-13-5-6-14-27/h3-4,9-10,15,17-18H,1-2,5-8,11-14H2,(H,25,28). The van der Waals surface area contributed by atoms with Crippen LogP contribution >= 0.6 is 22.9 Å². The molecule has 2 aromatic rings. The molecule has 1 aliphatic carbocycles. The van der Waals surface area contributed by atoms with Gasteiger partial charge in [-0.3, -0.25) is 9.59 Å². The topological polar surface area (TPSA) is 62.3 Å². The van der Waals surface area contributed by atoms with Crippen LogP contribution in [-0.2, 0) is 16.0 Å². The first-order valence-corrected chi connectivity index (χ1v) is 12.1. The van der Waals surface area contributed by atoms with Gasteiger partial charge in [-0.25, -0.2) is 4.98 Å². The molecule has 7 heteroatoms. The molecule has 2 fully saturated rings. The van der Waals surface area contributed by atoms with Crippen LogP contribution in [0.25, 0.3) is 10.6 Å². The second-order valence-corrected chi connectivity index (χ2v) is 9.46. The van der Waals surface area contributed by atoms with Gasteiger partial charge in [0.1, 0.15) is 5.01 Å². The Balaban J connectivity index is 1.32. The summed E-state index contributed by atoms with van der Waals surface area (Å²) in [7, 11) is 0. The average molecular weight is 446 g/mol. The van der Waals surface area contributed by atoms with E-state index in [4.69, 9.17) is 11.6 Å². The van der Waals surface area contributed by atoms with Gasteiger partial charge >= 0.3 is 0 Å². The number of thiazole rings is 1. The van der Waals surface area contributed by atoms with E-state index in [9.17, 15) is 9.59 Å². The molecule has 1 aromatic heterocycles. The summed E-state index contributed by atoms with van der Waals surface area (Å²) in [5, 5.41) is 6.67. The maximum absolute atomic E-state index is 12.9. The molecule has 4 rings (SSSR count). The van der Waals surface area contributed by atoms with E-state index in [-0.39, 0.29) is 23.7 Å². The molecule has 2 amide bonds.